The van der Waals surface area contributed by atoms with Crippen molar-refractivity contribution in [1.29, 1.82) is 0 Å². The maximum Gasteiger partial charge on any atom is 0.311 e. The molecule has 0 rings (SSSR count). The number of carbonyl (C=O) groups is 2. The number of rotatable bonds is 5. The van der Waals surface area contributed by atoms with E-state index in [4.69, 9.17) is 4.74 Å². The van der Waals surface area contributed by atoms with E-state index in [1.54, 1.807) is 0 Å². The molecule has 0 aliphatic rings. The van der Waals surface area contributed by atoms with Crippen molar-refractivity contribution in [3.8, 4) is 0 Å². The van der Waals surface area contributed by atoms with E-state index in [-0.39, 0.29) is 13.0 Å². The fourth-order valence-corrected chi connectivity index (χ4v) is 0.863. The number of ether oxygens (including phenoxy) is 3. The van der Waals surface area contributed by atoms with Gasteiger partial charge in [-0.25, -0.2) is 0 Å². The predicted octanol–water partition coefficient (Wildman–Crippen LogP) is -0.0149. The van der Waals surface area contributed by atoms with Crippen molar-refractivity contribution >= 4 is 11.9 Å². The van der Waals surface area contributed by atoms with E-state index in [0.29, 0.717) is 0 Å². The first kappa shape index (κ1) is 11.9. The number of hydrogen-bond donors (Lipinski definition) is 0. The summed E-state index contributed by atoms with van der Waals surface area (Å²) in [7, 11) is 3.99. The minimum absolute atomic E-state index is 0.0169. The summed E-state index contributed by atoms with van der Waals surface area (Å²) in [6.45, 7) is 0.155. The van der Waals surface area contributed by atoms with Crippen LogP contribution < -0.4 is 0 Å². The third kappa shape index (κ3) is 4.47. The summed E-state index contributed by atoms with van der Waals surface area (Å²) in [5.74, 6) is -1.50. The van der Waals surface area contributed by atoms with Crippen LogP contribution in [0.2, 0.25) is 0 Å². The molecule has 0 bridgehead atoms. The topological polar surface area (TPSA) is 61.8 Å². The number of esters is 2. The smallest absolute Gasteiger partial charge is 0.311 e. The van der Waals surface area contributed by atoms with Gasteiger partial charge in [0.25, 0.3) is 0 Å². The first-order valence-corrected chi connectivity index (χ1v) is 3.79. The molecule has 5 heteroatoms. The van der Waals surface area contributed by atoms with Crippen LogP contribution in [-0.4, -0.2) is 39.9 Å². The lowest BCUT2D eigenvalue weighted by Gasteiger charge is -2.11. The summed E-state index contributed by atoms with van der Waals surface area (Å²) >= 11 is 0. The van der Waals surface area contributed by atoms with Gasteiger partial charge in [-0.3, -0.25) is 9.59 Å². The Morgan fingerprint density at radius 3 is 2.15 bits per heavy atom. The van der Waals surface area contributed by atoms with Gasteiger partial charge in [0.05, 0.1) is 33.2 Å². The van der Waals surface area contributed by atoms with E-state index in [2.05, 4.69) is 9.47 Å². The van der Waals surface area contributed by atoms with Crippen LogP contribution in [0.1, 0.15) is 6.42 Å². The molecule has 5 nitrogen and oxygen atoms in total. The van der Waals surface area contributed by atoms with Crippen LogP contribution in [0, 0.1) is 5.92 Å². The summed E-state index contributed by atoms with van der Waals surface area (Å²) in [4.78, 5) is 21.9. The van der Waals surface area contributed by atoms with Crippen molar-refractivity contribution < 1.29 is 23.8 Å². The van der Waals surface area contributed by atoms with Crippen LogP contribution in [0.15, 0.2) is 0 Å². The number of hydrogen-bond acceptors (Lipinski definition) is 5. The number of carbonyl (C=O) groups excluding carboxylic acids is 2. The Balaban J connectivity index is 4.08. The molecule has 0 aliphatic heterocycles. The SMILES string of the molecule is COCC(CC(=O)OC)C(=O)OC. The highest BCUT2D eigenvalue weighted by molar-refractivity contribution is 5.79. The molecule has 0 N–H and O–H groups in total. The first-order valence-electron chi connectivity index (χ1n) is 3.79. The van der Waals surface area contributed by atoms with Crippen LogP contribution >= 0.6 is 0 Å². The Bertz CT molecular complexity index is 177. The van der Waals surface area contributed by atoms with Crippen molar-refractivity contribution in [2.24, 2.45) is 5.92 Å². The zero-order valence-electron chi connectivity index (χ0n) is 8.03. The highest BCUT2D eigenvalue weighted by Gasteiger charge is 2.22. The highest BCUT2D eigenvalue weighted by Crippen LogP contribution is 2.06. The van der Waals surface area contributed by atoms with Gasteiger partial charge in [-0.15, -0.1) is 0 Å². The molecule has 0 heterocycles. The summed E-state index contributed by atoms with van der Waals surface area (Å²) in [5, 5.41) is 0. The summed E-state index contributed by atoms with van der Waals surface area (Å²) in [6.07, 6.45) is -0.0169. The van der Waals surface area contributed by atoms with E-state index < -0.39 is 17.9 Å². The monoisotopic (exact) mass is 190 g/mol. The quantitative estimate of drug-likeness (QED) is 0.570. The van der Waals surface area contributed by atoms with Crippen molar-refractivity contribution in [3.63, 3.8) is 0 Å². The predicted molar refractivity (Wildman–Crippen MR) is 44.0 cm³/mol. The molecule has 0 aromatic carbocycles. The third-order valence-corrected chi connectivity index (χ3v) is 1.54. The highest BCUT2D eigenvalue weighted by atomic mass is 16.5. The molecule has 0 saturated carbocycles. The van der Waals surface area contributed by atoms with Crippen LogP contribution in [0.3, 0.4) is 0 Å². The Hall–Kier alpha value is -1.10. The zero-order valence-corrected chi connectivity index (χ0v) is 8.03. The van der Waals surface area contributed by atoms with Gasteiger partial charge in [-0.2, -0.15) is 0 Å². The second-order valence-corrected chi connectivity index (χ2v) is 2.46. The van der Waals surface area contributed by atoms with E-state index in [0.717, 1.165) is 0 Å². The standard InChI is InChI=1S/C8H14O5/c1-11-5-6(8(10)13-3)4-7(9)12-2/h6H,4-5H2,1-3H3. The Morgan fingerprint density at radius 2 is 1.77 bits per heavy atom. The molecular formula is C8H14O5. The fraction of sp³-hybridized carbons (Fsp3) is 0.750. The van der Waals surface area contributed by atoms with Crippen LogP contribution in [0.25, 0.3) is 0 Å². The van der Waals surface area contributed by atoms with E-state index in [9.17, 15) is 9.59 Å². The Labute approximate surface area is 77.0 Å². The van der Waals surface area contributed by atoms with Gasteiger partial charge in [0, 0.05) is 7.11 Å². The second kappa shape index (κ2) is 6.42. The lowest BCUT2D eigenvalue weighted by Crippen LogP contribution is -2.24. The molecule has 13 heavy (non-hydrogen) atoms. The molecule has 76 valence electrons. The second-order valence-electron chi connectivity index (χ2n) is 2.46. The summed E-state index contributed by atoms with van der Waals surface area (Å²) < 4.78 is 13.7. The van der Waals surface area contributed by atoms with E-state index >= 15 is 0 Å². The molecule has 1 unspecified atom stereocenters. The van der Waals surface area contributed by atoms with Gasteiger partial charge in [-0.05, 0) is 0 Å². The van der Waals surface area contributed by atoms with Gasteiger partial charge in [-0.1, -0.05) is 0 Å². The van der Waals surface area contributed by atoms with Crippen molar-refractivity contribution in [2.75, 3.05) is 27.9 Å². The average molecular weight is 190 g/mol. The third-order valence-electron chi connectivity index (χ3n) is 1.54. The van der Waals surface area contributed by atoms with Crippen molar-refractivity contribution in [2.45, 2.75) is 6.42 Å². The first-order chi connectivity index (χ1) is 6.15. The minimum atomic E-state index is -0.581. The lowest BCUT2D eigenvalue weighted by atomic mass is 10.1. The fourth-order valence-electron chi connectivity index (χ4n) is 0.863. The van der Waals surface area contributed by atoms with E-state index in [1.165, 1.54) is 21.3 Å². The van der Waals surface area contributed by atoms with Gasteiger partial charge >= 0.3 is 11.9 Å². The molecule has 1 atom stereocenters. The molecule has 0 aliphatic carbocycles. The van der Waals surface area contributed by atoms with Crippen LogP contribution in [0.4, 0.5) is 0 Å². The Morgan fingerprint density at radius 1 is 1.15 bits per heavy atom. The number of methoxy groups -OCH3 is 3. The zero-order chi connectivity index (χ0) is 10.3. The molecule has 0 amide bonds. The van der Waals surface area contributed by atoms with Crippen LogP contribution in [0.5, 0.6) is 0 Å². The van der Waals surface area contributed by atoms with Crippen LogP contribution in [-0.2, 0) is 23.8 Å². The summed E-state index contributed by atoms with van der Waals surface area (Å²) in [5.41, 5.74) is 0. The van der Waals surface area contributed by atoms with Gasteiger partial charge in [0.15, 0.2) is 0 Å². The maximum atomic E-state index is 11.0. The largest absolute Gasteiger partial charge is 0.469 e. The van der Waals surface area contributed by atoms with Crippen molar-refractivity contribution in [3.05, 3.63) is 0 Å². The molecule has 0 spiro atoms. The van der Waals surface area contributed by atoms with E-state index in [1.807, 2.05) is 0 Å². The summed E-state index contributed by atoms with van der Waals surface area (Å²) in [6, 6.07) is 0. The Kier molecular flexibility index (Phi) is 5.88. The molecule has 0 fully saturated rings. The normalized spacial score (nSPS) is 11.9. The lowest BCUT2D eigenvalue weighted by molar-refractivity contribution is -0.153. The molecule has 0 saturated heterocycles. The maximum absolute atomic E-state index is 11.0. The molecule has 0 radical (unpaired) electrons. The van der Waals surface area contributed by atoms with Gasteiger partial charge in [0.1, 0.15) is 0 Å². The van der Waals surface area contributed by atoms with Gasteiger partial charge < -0.3 is 14.2 Å². The van der Waals surface area contributed by atoms with Gasteiger partial charge in [0.2, 0.25) is 0 Å². The molecule has 0 aromatic rings. The molecule has 0 aromatic heterocycles. The average Bonchev–Trinajstić information content (AvgIpc) is 2.15. The minimum Gasteiger partial charge on any atom is -0.469 e. The molecular weight excluding hydrogens is 176 g/mol. The van der Waals surface area contributed by atoms with Crippen molar-refractivity contribution in [1.82, 2.24) is 0 Å².